The van der Waals surface area contributed by atoms with E-state index in [1.807, 2.05) is 23.1 Å². The summed E-state index contributed by atoms with van der Waals surface area (Å²) in [7, 11) is 0. The van der Waals surface area contributed by atoms with E-state index in [4.69, 9.17) is 0 Å². The third kappa shape index (κ3) is 2.54. The van der Waals surface area contributed by atoms with Crippen molar-refractivity contribution in [2.75, 3.05) is 10.7 Å². The Bertz CT molecular complexity index is 618. The van der Waals surface area contributed by atoms with Crippen molar-refractivity contribution in [3.05, 3.63) is 48.3 Å². The molecule has 1 aromatic heterocycles. The molecule has 1 aliphatic heterocycles. The van der Waals surface area contributed by atoms with E-state index < -0.39 is 0 Å². The fourth-order valence-corrected chi connectivity index (χ4v) is 3.16. The van der Waals surface area contributed by atoms with Crippen LogP contribution in [0.15, 0.2) is 47.9 Å². The Kier molecular flexibility index (Phi) is 3.69. The van der Waals surface area contributed by atoms with Gasteiger partial charge in [-0.1, -0.05) is 30.0 Å². The van der Waals surface area contributed by atoms with Crippen LogP contribution in [0.4, 0.5) is 5.69 Å². The van der Waals surface area contributed by atoms with Crippen molar-refractivity contribution in [1.82, 2.24) is 9.97 Å². The van der Waals surface area contributed by atoms with E-state index in [0.29, 0.717) is 10.9 Å². The number of para-hydroxylation sites is 1. The van der Waals surface area contributed by atoms with Crippen LogP contribution in [0.25, 0.3) is 0 Å². The van der Waals surface area contributed by atoms with Gasteiger partial charge in [0.15, 0.2) is 5.16 Å². The first-order chi connectivity index (χ1) is 9.75. The highest BCUT2D eigenvalue weighted by Gasteiger charge is 2.30. The Morgan fingerprint density at radius 3 is 2.85 bits per heavy atom. The summed E-state index contributed by atoms with van der Waals surface area (Å²) in [6, 6.07) is 10.1. The molecule has 0 saturated heterocycles. The average molecular weight is 285 g/mol. The van der Waals surface area contributed by atoms with Gasteiger partial charge in [-0.15, -0.1) is 0 Å². The summed E-state index contributed by atoms with van der Waals surface area (Å²) < 4.78 is 0. The number of amides is 1. The molecule has 0 fully saturated rings. The number of rotatable bonds is 3. The van der Waals surface area contributed by atoms with Crippen molar-refractivity contribution in [1.29, 1.82) is 0 Å². The lowest BCUT2D eigenvalue weighted by molar-refractivity contribution is -0.116. The number of fused-ring (bicyclic) bond motifs is 1. The van der Waals surface area contributed by atoms with E-state index in [1.165, 1.54) is 17.3 Å². The maximum absolute atomic E-state index is 12.4. The van der Waals surface area contributed by atoms with Crippen LogP contribution >= 0.6 is 11.8 Å². The molecule has 0 radical (unpaired) electrons. The second-order valence-corrected chi connectivity index (χ2v) is 5.71. The molecule has 20 heavy (non-hydrogen) atoms. The Hall–Kier alpha value is -1.88. The van der Waals surface area contributed by atoms with Crippen molar-refractivity contribution in [3.8, 4) is 0 Å². The highest BCUT2D eigenvalue weighted by atomic mass is 32.2. The minimum absolute atomic E-state index is 0.111. The van der Waals surface area contributed by atoms with E-state index in [1.54, 1.807) is 18.5 Å². The lowest BCUT2D eigenvalue weighted by Crippen LogP contribution is -2.37. The summed E-state index contributed by atoms with van der Waals surface area (Å²) >= 11 is 1.38. The number of thioether (sulfide) groups is 1. The Labute approximate surface area is 122 Å². The van der Waals surface area contributed by atoms with E-state index in [0.717, 1.165) is 12.1 Å². The molecule has 0 N–H and O–H groups in total. The molecule has 1 atom stereocenters. The molecule has 0 spiro atoms. The zero-order valence-electron chi connectivity index (χ0n) is 11.2. The van der Waals surface area contributed by atoms with Crippen LogP contribution in [-0.2, 0) is 11.2 Å². The van der Waals surface area contributed by atoms with Crippen LogP contribution < -0.4 is 4.90 Å². The third-order valence-corrected chi connectivity index (χ3v) is 4.20. The van der Waals surface area contributed by atoms with Gasteiger partial charge in [0.25, 0.3) is 0 Å². The maximum Gasteiger partial charge on any atom is 0.237 e. The minimum atomic E-state index is 0.111. The molecule has 0 unspecified atom stereocenters. The van der Waals surface area contributed by atoms with Gasteiger partial charge in [0.2, 0.25) is 5.91 Å². The third-order valence-electron chi connectivity index (χ3n) is 3.34. The topological polar surface area (TPSA) is 46.1 Å². The summed E-state index contributed by atoms with van der Waals surface area (Å²) in [5.41, 5.74) is 2.29. The van der Waals surface area contributed by atoms with Gasteiger partial charge in [0, 0.05) is 24.1 Å². The SMILES string of the molecule is C[C@@H]1Cc2ccccc2N1C(=O)CSc1ncccn1. The van der Waals surface area contributed by atoms with Crippen molar-refractivity contribution < 1.29 is 4.79 Å². The van der Waals surface area contributed by atoms with Gasteiger partial charge < -0.3 is 4.90 Å². The van der Waals surface area contributed by atoms with Crippen molar-refractivity contribution in [2.24, 2.45) is 0 Å². The molecule has 4 nitrogen and oxygen atoms in total. The molecule has 3 rings (SSSR count). The molecule has 2 heterocycles. The lowest BCUT2D eigenvalue weighted by Gasteiger charge is -2.22. The molecule has 1 amide bonds. The van der Waals surface area contributed by atoms with Crippen molar-refractivity contribution in [2.45, 2.75) is 24.5 Å². The van der Waals surface area contributed by atoms with Crippen LogP contribution in [0.2, 0.25) is 0 Å². The summed E-state index contributed by atoms with van der Waals surface area (Å²) in [6.07, 6.45) is 4.30. The summed E-state index contributed by atoms with van der Waals surface area (Å²) in [6.45, 7) is 2.08. The van der Waals surface area contributed by atoms with E-state index in [-0.39, 0.29) is 11.9 Å². The van der Waals surface area contributed by atoms with Crippen LogP contribution in [0.1, 0.15) is 12.5 Å². The number of hydrogen-bond donors (Lipinski definition) is 0. The van der Waals surface area contributed by atoms with Gasteiger partial charge in [0.1, 0.15) is 0 Å². The maximum atomic E-state index is 12.4. The molecule has 0 bridgehead atoms. The predicted molar refractivity (Wildman–Crippen MR) is 79.9 cm³/mol. The highest BCUT2D eigenvalue weighted by molar-refractivity contribution is 7.99. The molecule has 2 aromatic rings. The van der Waals surface area contributed by atoms with Crippen LogP contribution in [0.5, 0.6) is 0 Å². The molecular formula is C15H15N3OS. The molecule has 5 heteroatoms. The number of benzene rings is 1. The van der Waals surface area contributed by atoms with Gasteiger partial charge >= 0.3 is 0 Å². The summed E-state index contributed by atoms with van der Waals surface area (Å²) in [5, 5.41) is 0.640. The standard InChI is InChI=1S/C15H15N3OS/c1-11-9-12-5-2-3-6-13(12)18(11)14(19)10-20-15-16-7-4-8-17-15/h2-8,11H,9-10H2,1H3/t11-/m1/s1. The zero-order chi connectivity index (χ0) is 13.9. The summed E-state index contributed by atoms with van der Waals surface area (Å²) in [4.78, 5) is 22.6. The van der Waals surface area contributed by atoms with Crippen molar-refractivity contribution >= 4 is 23.4 Å². The van der Waals surface area contributed by atoms with E-state index in [2.05, 4.69) is 23.0 Å². The van der Waals surface area contributed by atoms with Crippen LogP contribution in [0, 0.1) is 0 Å². The zero-order valence-corrected chi connectivity index (χ0v) is 12.0. The van der Waals surface area contributed by atoms with Crippen LogP contribution in [0.3, 0.4) is 0 Å². The molecule has 1 aromatic carbocycles. The first-order valence-electron chi connectivity index (χ1n) is 6.55. The normalized spacial score (nSPS) is 17.1. The molecular weight excluding hydrogens is 270 g/mol. The first kappa shape index (κ1) is 13.1. The smallest absolute Gasteiger partial charge is 0.237 e. The van der Waals surface area contributed by atoms with Gasteiger partial charge in [-0.25, -0.2) is 9.97 Å². The fraction of sp³-hybridized carbons (Fsp3) is 0.267. The number of nitrogens with zero attached hydrogens (tertiary/aromatic N) is 3. The van der Waals surface area contributed by atoms with Crippen molar-refractivity contribution in [3.63, 3.8) is 0 Å². The number of carbonyl (C=O) groups excluding carboxylic acids is 1. The Balaban J connectivity index is 1.71. The van der Waals surface area contributed by atoms with Gasteiger partial charge in [0.05, 0.1) is 5.75 Å². The summed E-state index contributed by atoms with van der Waals surface area (Å²) in [5.74, 6) is 0.475. The fourth-order valence-electron chi connectivity index (χ4n) is 2.50. The Morgan fingerprint density at radius 2 is 2.05 bits per heavy atom. The van der Waals surface area contributed by atoms with Gasteiger partial charge in [-0.05, 0) is 31.0 Å². The predicted octanol–water partition coefficient (Wildman–Crippen LogP) is 2.55. The Morgan fingerprint density at radius 1 is 1.30 bits per heavy atom. The largest absolute Gasteiger partial charge is 0.308 e. The average Bonchev–Trinajstić information content (AvgIpc) is 2.82. The monoisotopic (exact) mass is 285 g/mol. The number of carbonyl (C=O) groups is 1. The number of anilines is 1. The first-order valence-corrected chi connectivity index (χ1v) is 7.54. The lowest BCUT2D eigenvalue weighted by atomic mass is 10.1. The quantitative estimate of drug-likeness (QED) is 0.642. The molecule has 1 aliphatic rings. The van der Waals surface area contributed by atoms with E-state index in [9.17, 15) is 4.79 Å². The van der Waals surface area contributed by atoms with Gasteiger partial charge in [-0.3, -0.25) is 4.79 Å². The van der Waals surface area contributed by atoms with Gasteiger partial charge in [-0.2, -0.15) is 0 Å². The molecule has 102 valence electrons. The minimum Gasteiger partial charge on any atom is -0.308 e. The van der Waals surface area contributed by atoms with E-state index >= 15 is 0 Å². The second-order valence-electron chi connectivity index (χ2n) is 4.77. The highest BCUT2D eigenvalue weighted by Crippen LogP contribution is 2.32. The molecule has 0 saturated carbocycles. The molecule has 0 aliphatic carbocycles. The number of aromatic nitrogens is 2. The second kappa shape index (κ2) is 5.63. The van der Waals surface area contributed by atoms with Crippen LogP contribution in [-0.4, -0.2) is 27.7 Å². The number of hydrogen-bond acceptors (Lipinski definition) is 4.